The van der Waals surface area contributed by atoms with Crippen molar-refractivity contribution < 1.29 is 31.2 Å². The van der Waals surface area contributed by atoms with Crippen LogP contribution in [0.25, 0.3) is 0 Å². The van der Waals surface area contributed by atoms with Crippen molar-refractivity contribution in [2.45, 2.75) is 4.90 Å². The molecule has 0 atom stereocenters. The molecule has 2 N–H and O–H groups in total. The molecule has 3 aromatic carbocycles. The molecule has 3 aromatic rings. The molecule has 0 saturated heterocycles. The van der Waals surface area contributed by atoms with Crippen LogP contribution < -0.4 is 10.6 Å². The summed E-state index contributed by atoms with van der Waals surface area (Å²) in [6.45, 7) is 0. The molecule has 33 heavy (non-hydrogen) atoms. The van der Waals surface area contributed by atoms with Crippen LogP contribution in [0.2, 0.25) is 0 Å². The van der Waals surface area contributed by atoms with E-state index in [4.69, 9.17) is 10.7 Å². The lowest BCUT2D eigenvalue weighted by atomic mass is 9.95. The number of para-hydroxylation sites is 2. The van der Waals surface area contributed by atoms with Crippen molar-refractivity contribution in [1.29, 1.82) is 0 Å². The van der Waals surface area contributed by atoms with Gasteiger partial charge in [-0.15, -0.1) is 0 Å². The summed E-state index contributed by atoms with van der Waals surface area (Å²) in [5.41, 5.74) is -0.803. The number of carbonyl (C=O) groups excluding carboxylic acids is 2. The maximum Gasteiger partial charge on any atom is 0.264 e. The maximum atomic E-state index is 14.4. The Hall–Kier alpha value is -3.63. The van der Waals surface area contributed by atoms with Crippen LogP contribution >= 0.6 is 10.7 Å². The molecule has 4 rings (SSSR count). The molecule has 6 nitrogen and oxygen atoms in total. The van der Waals surface area contributed by atoms with Gasteiger partial charge < -0.3 is 10.6 Å². The lowest BCUT2D eigenvalue weighted by Gasteiger charge is -2.12. The van der Waals surface area contributed by atoms with Gasteiger partial charge in [0.25, 0.3) is 9.05 Å². The Morgan fingerprint density at radius 3 is 2.00 bits per heavy atom. The van der Waals surface area contributed by atoms with Gasteiger partial charge in [-0.3, -0.25) is 9.59 Å². The summed E-state index contributed by atoms with van der Waals surface area (Å²) in [5, 5.41) is 5.64. The van der Waals surface area contributed by atoms with Gasteiger partial charge in [-0.2, -0.15) is 0 Å². The number of nitrogens with one attached hydrogen (secondary N) is 2. The highest BCUT2D eigenvalue weighted by Gasteiger charge is 2.31. The molecule has 1 aliphatic heterocycles. The fourth-order valence-corrected chi connectivity index (χ4v) is 4.16. The molecule has 1 heterocycles. The van der Waals surface area contributed by atoms with Gasteiger partial charge in [-0.05, 0) is 48.5 Å². The second kappa shape index (κ2) is 8.38. The number of benzene rings is 3. The minimum atomic E-state index is -4.56. The predicted octanol–water partition coefficient (Wildman–Crippen LogP) is 4.85. The largest absolute Gasteiger partial charge is 0.339 e. The minimum absolute atomic E-state index is 0.144. The van der Waals surface area contributed by atoms with Crippen LogP contribution in [-0.4, -0.2) is 20.0 Å². The second-order valence-corrected chi connectivity index (χ2v) is 9.45. The van der Waals surface area contributed by atoms with Crippen LogP contribution in [0.15, 0.2) is 77.0 Å². The molecular formula is C22H12ClF3N2O4S. The quantitative estimate of drug-likeness (QED) is 0.174. The minimum Gasteiger partial charge on any atom is -0.339 e. The van der Waals surface area contributed by atoms with Gasteiger partial charge in [0.15, 0.2) is 0 Å². The fourth-order valence-electron chi connectivity index (χ4n) is 3.24. The van der Waals surface area contributed by atoms with Crippen molar-refractivity contribution >= 4 is 42.7 Å². The Balaban J connectivity index is 1.89. The Morgan fingerprint density at radius 2 is 1.39 bits per heavy atom. The van der Waals surface area contributed by atoms with E-state index in [-0.39, 0.29) is 5.82 Å². The first kappa shape index (κ1) is 22.6. The summed E-state index contributed by atoms with van der Waals surface area (Å²) in [5.74, 6) is -5.60. The summed E-state index contributed by atoms with van der Waals surface area (Å²) >= 11 is 0. The van der Waals surface area contributed by atoms with E-state index in [1.807, 2.05) is 0 Å². The maximum absolute atomic E-state index is 14.4. The molecule has 11 heteroatoms. The smallest absolute Gasteiger partial charge is 0.264 e. The number of ketones is 2. The number of rotatable bonds is 5. The van der Waals surface area contributed by atoms with Crippen molar-refractivity contribution in [3.05, 3.63) is 101 Å². The number of carbonyl (C=O) groups is 2. The molecular weight excluding hydrogens is 481 g/mol. The van der Waals surface area contributed by atoms with Gasteiger partial charge in [-0.25, -0.2) is 21.6 Å². The summed E-state index contributed by atoms with van der Waals surface area (Å²) in [7, 11) is 0.671. The van der Waals surface area contributed by atoms with Gasteiger partial charge >= 0.3 is 0 Å². The third-order valence-corrected chi connectivity index (χ3v) is 6.12. The van der Waals surface area contributed by atoms with Crippen LogP contribution in [0, 0.1) is 17.5 Å². The Morgan fingerprint density at radius 1 is 0.788 bits per heavy atom. The number of hydrogen-bond acceptors (Lipinski definition) is 6. The van der Waals surface area contributed by atoms with Crippen molar-refractivity contribution in [1.82, 2.24) is 0 Å². The van der Waals surface area contributed by atoms with Gasteiger partial charge in [0.1, 0.15) is 33.7 Å². The molecule has 0 aliphatic carbocycles. The van der Waals surface area contributed by atoms with Crippen molar-refractivity contribution in [3.8, 4) is 0 Å². The first-order chi connectivity index (χ1) is 15.6. The van der Waals surface area contributed by atoms with Crippen molar-refractivity contribution in [3.63, 3.8) is 0 Å². The molecule has 0 bridgehead atoms. The summed E-state index contributed by atoms with van der Waals surface area (Å²) in [4.78, 5) is 25.6. The first-order valence-electron chi connectivity index (χ1n) is 9.22. The van der Waals surface area contributed by atoms with E-state index in [1.165, 1.54) is 0 Å². The summed E-state index contributed by atoms with van der Waals surface area (Å²) in [6, 6.07) is 11.1. The molecule has 0 amide bonds. The fraction of sp³-hybridized carbons (Fsp3) is 0. The third-order valence-electron chi connectivity index (χ3n) is 4.78. The molecule has 0 saturated carbocycles. The van der Waals surface area contributed by atoms with Crippen LogP contribution in [0.1, 0.15) is 20.7 Å². The highest BCUT2D eigenvalue weighted by Crippen LogP contribution is 2.33. The lowest BCUT2D eigenvalue weighted by Crippen LogP contribution is -2.22. The van der Waals surface area contributed by atoms with E-state index in [0.717, 1.165) is 18.2 Å². The molecule has 168 valence electrons. The zero-order valence-corrected chi connectivity index (χ0v) is 17.9. The average Bonchev–Trinajstić information content (AvgIpc) is 3.18. The Kier molecular flexibility index (Phi) is 5.73. The number of allylic oxidation sites excluding steroid dienone is 1. The molecule has 0 fully saturated rings. The van der Waals surface area contributed by atoms with Gasteiger partial charge in [-0.1, -0.05) is 12.1 Å². The van der Waals surface area contributed by atoms with E-state index >= 15 is 0 Å². The van der Waals surface area contributed by atoms with E-state index in [2.05, 4.69) is 10.6 Å². The zero-order valence-electron chi connectivity index (χ0n) is 16.3. The monoisotopic (exact) mass is 492 g/mol. The molecule has 1 aliphatic rings. The second-order valence-electron chi connectivity index (χ2n) is 6.91. The van der Waals surface area contributed by atoms with Gasteiger partial charge in [0.05, 0.1) is 16.9 Å². The highest BCUT2D eigenvalue weighted by molar-refractivity contribution is 8.13. The first-order valence-corrected chi connectivity index (χ1v) is 11.5. The SMILES string of the molecule is O=C(C(C(=O)c1cc(F)ccc1F)=C1Nc2ccccc2N1)c1ccc(F)c(S(=O)(=O)Cl)c1. The zero-order chi connectivity index (χ0) is 23.9. The van der Waals surface area contributed by atoms with Crippen LogP contribution in [0.5, 0.6) is 0 Å². The van der Waals surface area contributed by atoms with E-state index in [9.17, 15) is 31.2 Å². The highest BCUT2D eigenvalue weighted by atomic mass is 35.7. The van der Waals surface area contributed by atoms with E-state index in [0.29, 0.717) is 29.6 Å². The van der Waals surface area contributed by atoms with Crippen molar-refractivity contribution in [2.24, 2.45) is 0 Å². The predicted molar refractivity (Wildman–Crippen MR) is 115 cm³/mol. The van der Waals surface area contributed by atoms with Gasteiger partial charge in [0.2, 0.25) is 11.6 Å². The Bertz CT molecular complexity index is 1450. The lowest BCUT2D eigenvalue weighted by molar-refractivity contribution is 0.0959. The number of hydrogen-bond donors (Lipinski definition) is 2. The summed E-state index contributed by atoms with van der Waals surface area (Å²) in [6.07, 6.45) is 0. The molecule has 0 aromatic heterocycles. The van der Waals surface area contributed by atoms with Crippen LogP contribution in [0.4, 0.5) is 24.5 Å². The molecule has 0 unspecified atom stereocenters. The third kappa shape index (κ3) is 4.35. The molecule has 0 radical (unpaired) electrons. The number of anilines is 2. The number of Topliss-reactive ketones (excluding diaryl/α,β-unsaturated/α-hetero) is 2. The summed E-state index contributed by atoms with van der Waals surface area (Å²) < 4.78 is 65.4. The normalized spacial score (nSPS) is 12.5. The number of fused-ring (bicyclic) bond motifs is 1. The average molecular weight is 493 g/mol. The van der Waals surface area contributed by atoms with Crippen molar-refractivity contribution in [2.75, 3.05) is 10.6 Å². The standard InChI is InChI=1S/C22H12ClF3N2O4S/c23-33(31,32)18-9-11(5-7-15(18)26)20(29)19(21(30)13-10-12(24)6-8-14(13)25)22-27-16-3-1-2-4-17(16)28-22/h1-10,27-28H. The topological polar surface area (TPSA) is 92.3 Å². The Labute approximate surface area is 190 Å². The molecule has 0 spiro atoms. The number of halogens is 4. The van der Waals surface area contributed by atoms with Gasteiger partial charge in [0, 0.05) is 16.2 Å². The van der Waals surface area contributed by atoms with Crippen LogP contribution in [-0.2, 0) is 9.05 Å². The van der Waals surface area contributed by atoms with E-state index in [1.54, 1.807) is 24.3 Å². The van der Waals surface area contributed by atoms with E-state index < -0.39 is 59.7 Å². The van der Waals surface area contributed by atoms with Crippen LogP contribution in [0.3, 0.4) is 0 Å².